The van der Waals surface area contributed by atoms with Gasteiger partial charge in [-0.25, -0.2) is 14.4 Å². The molecular weight excluding hydrogens is 1220 g/mol. The Hall–Kier alpha value is -9.79. The van der Waals surface area contributed by atoms with E-state index >= 15 is 0 Å². The molecule has 94 heavy (non-hydrogen) atoms. The third kappa shape index (κ3) is 21.9. The maximum absolute atomic E-state index is 13.7. The summed E-state index contributed by atoms with van der Waals surface area (Å²) in [5.74, 6) is -4.14. The molecule has 2 fully saturated rings. The molecule has 9 N–H and O–H groups in total. The maximum Gasteiger partial charge on any atom is 0.514 e. The van der Waals surface area contributed by atoms with Gasteiger partial charge in [0.25, 0.3) is 29.3 Å². The third-order valence-electron chi connectivity index (χ3n) is 17.3. The molecule has 2 aliphatic heterocycles. The van der Waals surface area contributed by atoms with Crippen LogP contribution in [0.25, 0.3) is 0 Å². The molecule has 0 saturated heterocycles. The number of non-ortho nitro benzene ring substituents is 1. The van der Waals surface area contributed by atoms with Gasteiger partial charge in [-0.3, -0.25) is 67.9 Å². The van der Waals surface area contributed by atoms with Crippen LogP contribution in [-0.2, 0) is 65.9 Å². The Bertz CT molecular complexity index is 3270. The second-order valence-corrected chi connectivity index (χ2v) is 23.8. The molecular formula is C67H83N9O18. The lowest BCUT2D eigenvalue weighted by molar-refractivity contribution is -0.384. The lowest BCUT2D eigenvalue weighted by atomic mass is 9.61. The van der Waals surface area contributed by atoms with Gasteiger partial charge < -0.3 is 47.3 Å². The number of imide groups is 2. The second kappa shape index (κ2) is 36.5. The van der Waals surface area contributed by atoms with Gasteiger partial charge in [-0.15, -0.1) is 0 Å². The molecule has 2 atom stereocenters. The van der Waals surface area contributed by atoms with Crippen LogP contribution in [0.2, 0.25) is 0 Å². The molecule has 4 aliphatic rings. The van der Waals surface area contributed by atoms with Gasteiger partial charge in [0.1, 0.15) is 35.5 Å². The number of ketones is 4. The number of amides is 10. The Morgan fingerprint density at radius 3 is 1.29 bits per heavy atom. The number of carbonyl (C=O) groups is 13. The predicted octanol–water partition coefficient (Wildman–Crippen LogP) is 7.64. The molecule has 0 unspecified atom stereocenters. The number of aliphatic hydroxyl groups excluding tert-OH is 1. The normalized spacial score (nSPS) is 15.5. The number of carbonyl (C=O) groups excluding carboxylic acids is 13. The van der Waals surface area contributed by atoms with Crippen LogP contribution in [0.4, 0.5) is 31.4 Å². The number of hydrogen-bond donors (Lipinski definition) is 7. The average Bonchev–Trinajstić information content (AvgIpc) is 1.23. The highest BCUT2D eigenvalue weighted by Crippen LogP contribution is 2.47. The number of nitrogens with two attached hydrogens (primary N) is 2. The topological polar surface area (TPSA) is 410 Å². The minimum absolute atomic E-state index is 0.0718. The van der Waals surface area contributed by atoms with E-state index in [0.717, 1.165) is 32.1 Å². The summed E-state index contributed by atoms with van der Waals surface area (Å²) in [7, 11) is 0. The van der Waals surface area contributed by atoms with Crippen LogP contribution in [0.3, 0.4) is 0 Å². The Labute approximate surface area is 543 Å². The molecule has 27 heteroatoms. The minimum Gasteiger partial charge on any atom is -0.429 e. The van der Waals surface area contributed by atoms with E-state index in [9.17, 15) is 77.5 Å². The van der Waals surface area contributed by atoms with E-state index in [4.69, 9.17) is 20.9 Å². The fraction of sp³-hybridized carbons (Fsp3) is 0.478. The number of rotatable bonds is 39. The maximum atomic E-state index is 13.7. The highest BCUT2D eigenvalue weighted by atomic mass is 16.7. The predicted molar refractivity (Wildman–Crippen MR) is 340 cm³/mol. The summed E-state index contributed by atoms with van der Waals surface area (Å²) in [6.45, 7) is 0.868. The van der Waals surface area contributed by atoms with Gasteiger partial charge in [-0.1, -0.05) is 62.8 Å². The lowest BCUT2D eigenvalue weighted by Crippen LogP contribution is -2.46. The fourth-order valence-corrected chi connectivity index (χ4v) is 11.5. The molecule has 2 aliphatic carbocycles. The van der Waals surface area contributed by atoms with Gasteiger partial charge in [-0.2, -0.15) is 0 Å². The Morgan fingerprint density at radius 2 is 0.926 bits per heavy atom. The van der Waals surface area contributed by atoms with E-state index in [1.165, 1.54) is 58.4 Å². The quantitative estimate of drug-likeness (QED) is 0.00548. The summed E-state index contributed by atoms with van der Waals surface area (Å²) in [5.41, 5.74) is 10.2. The van der Waals surface area contributed by atoms with Crippen molar-refractivity contribution in [1.82, 2.24) is 20.4 Å². The summed E-state index contributed by atoms with van der Waals surface area (Å²) in [6.07, 6.45) is 14.4. The first kappa shape index (κ1) is 73.3. The number of nitrogens with one attached hydrogen (secondary N) is 4. The van der Waals surface area contributed by atoms with Gasteiger partial charge in [0.2, 0.25) is 11.8 Å². The number of Topliss-reactive ketones (excluding diaryl/α,β-unsaturated/α-hetero) is 4. The van der Waals surface area contributed by atoms with E-state index in [1.807, 2.05) is 0 Å². The molecule has 3 aromatic rings. The molecule has 3 aromatic carbocycles. The molecule has 0 aromatic heterocycles. The lowest BCUT2D eigenvalue weighted by Gasteiger charge is -2.39. The van der Waals surface area contributed by atoms with E-state index in [-0.39, 0.29) is 123 Å². The molecule has 7 rings (SSSR count). The molecule has 10 amide bonds. The zero-order valence-corrected chi connectivity index (χ0v) is 52.6. The van der Waals surface area contributed by atoms with Gasteiger partial charge in [0.15, 0.2) is 0 Å². The molecule has 504 valence electrons. The zero-order valence-electron chi connectivity index (χ0n) is 52.6. The smallest absolute Gasteiger partial charge is 0.429 e. The third-order valence-corrected chi connectivity index (χ3v) is 17.3. The van der Waals surface area contributed by atoms with Crippen LogP contribution < -0.4 is 37.5 Å². The van der Waals surface area contributed by atoms with Crippen molar-refractivity contribution in [3.8, 4) is 5.75 Å². The fourth-order valence-electron chi connectivity index (χ4n) is 11.5. The SMILES string of the molecule is NC(=O)NCCC[C@H](CC(=O)C1(C(=O)CCCCCCN2C(=O)C=CC2=O)CCC1)C(=O)Nc1ccc(CO)cc1.NC(=O)NCCC[C@H](CC(=O)C1(C(=O)CCCCCCN2C(=O)C=CC2=O)CCC1)C(=O)Nc1ccc(COC(=O)Oc2ccc([N+](=O)[O-])cc2)cc1. The van der Waals surface area contributed by atoms with Crippen molar-refractivity contribution in [2.75, 3.05) is 36.8 Å². The monoisotopic (exact) mass is 1300 g/mol. The highest BCUT2D eigenvalue weighted by molar-refractivity contribution is 6.14. The number of ether oxygens (including phenoxy) is 2. The van der Waals surface area contributed by atoms with E-state index < -0.39 is 51.7 Å². The van der Waals surface area contributed by atoms with Crippen LogP contribution in [0.15, 0.2) is 97.1 Å². The Morgan fingerprint density at radius 1 is 0.532 bits per heavy atom. The zero-order chi connectivity index (χ0) is 68.2. The molecule has 0 spiro atoms. The number of nitro groups is 1. The summed E-state index contributed by atoms with van der Waals surface area (Å²) in [5, 5.41) is 30.6. The van der Waals surface area contributed by atoms with Gasteiger partial charge in [0, 0.05) is 112 Å². The number of nitro benzene ring substituents is 1. The molecule has 2 heterocycles. The van der Waals surface area contributed by atoms with Crippen molar-refractivity contribution in [2.45, 2.75) is 154 Å². The largest absolute Gasteiger partial charge is 0.514 e. The van der Waals surface area contributed by atoms with Crippen molar-refractivity contribution < 1.29 is 81.8 Å². The van der Waals surface area contributed by atoms with E-state index in [2.05, 4.69) is 21.3 Å². The minimum atomic E-state index is -1.12. The first-order chi connectivity index (χ1) is 45.0. The number of aliphatic hydroxyl groups is 1. The summed E-state index contributed by atoms with van der Waals surface area (Å²) in [6, 6.07) is 16.7. The Kier molecular flexibility index (Phi) is 28.4. The second-order valence-electron chi connectivity index (χ2n) is 23.8. The summed E-state index contributed by atoms with van der Waals surface area (Å²) >= 11 is 0. The van der Waals surface area contributed by atoms with Gasteiger partial charge in [-0.05, 0) is 125 Å². The number of hydrogen-bond acceptors (Lipinski definition) is 18. The molecule has 0 bridgehead atoms. The van der Waals surface area contributed by atoms with Crippen molar-refractivity contribution in [2.24, 2.45) is 34.1 Å². The van der Waals surface area contributed by atoms with Crippen molar-refractivity contribution in [3.05, 3.63) is 118 Å². The summed E-state index contributed by atoms with van der Waals surface area (Å²) < 4.78 is 10.1. The van der Waals surface area contributed by atoms with E-state index in [1.54, 1.807) is 48.5 Å². The number of nitrogens with zero attached hydrogens (tertiary/aromatic N) is 3. The van der Waals surface area contributed by atoms with Gasteiger partial charge in [0.05, 0.1) is 22.4 Å². The van der Waals surface area contributed by atoms with Gasteiger partial charge >= 0.3 is 18.2 Å². The van der Waals surface area contributed by atoms with E-state index in [0.29, 0.717) is 113 Å². The summed E-state index contributed by atoms with van der Waals surface area (Å²) in [4.78, 5) is 174. The Balaban J connectivity index is 0.000000308. The van der Waals surface area contributed by atoms with Crippen molar-refractivity contribution in [1.29, 1.82) is 0 Å². The van der Waals surface area contributed by atoms with Crippen molar-refractivity contribution in [3.63, 3.8) is 0 Å². The average molecular weight is 1300 g/mol. The van der Waals surface area contributed by atoms with Crippen LogP contribution >= 0.6 is 0 Å². The van der Waals surface area contributed by atoms with Crippen LogP contribution in [-0.4, -0.2) is 123 Å². The van der Waals surface area contributed by atoms with Crippen molar-refractivity contribution >= 4 is 93.9 Å². The molecule has 2 saturated carbocycles. The first-order valence-corrected chi connectivity index (χ1v) is 31.8. The first-order valence-electron chi connectivity index (χ1n) is 31.8. The molecule has 27 nitrogen and oxygen atoms in total. The number of primary amides is 2. The van der Waals surface area contributed by atoms with Crippen LogP contribution in [0, 0.1) is 32.8 Å². The number of urea groups is 2. The number of benzene rings is 3. The van der Waals surface area contributed by atoms with Crippen LogP contribution in [0.1, 0.15) is 152 Å². The number of anilines is 2. The number of unbranched alkanes of at least 4 members (excludes halogenated alkanes) is 6. The molecule has 0 radical (unpaired) electrons. The van der Waals surface area contributed by atoms with Crippen LogP contribution in [0.5, 0.6) is 5.75 Å². The standard InChI is InChI=1S/C37H43N5O11.C30H40N4O7/c38-35(48)39-21-5-7-26(23-31(44)37(19-6-20-37)30(43)8-3-1-2-4-22-41-32(45)17-18-33(41)46)34(47)40-27-11-9-25(10-12-27)24-52-36(49)53-29-15-13-28(14-16-29)42(50)51;31-29(41)32-17-5-7-22(28(40)33-23-11-9-21(20-35)10-12-23)19-25(37)30(15-6-16-30)24(36)8-3-1-2-4-18-34-26(38)13-14-27(34)39/h9-18,26H,1-8,19-24H2,(H,40,47)(H3,38,39,48);9-14,22,35H,1-8,15-20H2,(H,33,40)(H3,31,32,41)/t26-;22-/m11/s1. The highest BCUT2D eigenvalue weighted by Gasteiger charge is 2.51.